The first-order valence-electron chi connectivity index (χ1n) is 5.76. The van der Waals surface area contributed by atoms with E-state index in [1.54, 1.807) is 18.2 Å². The average Bonchev–Trinajstić information content (AvgIpc) is 2.70. The van der Waals surface area contributed by atoms with Crippen LogP contribution < -0.4 is 0 Å². The Kier molecular flexibility index (Phi) is 3.57. The van der Waals surface area contributed by atoms with E-state index < -0.39 is 0 Å². The Morgan fingerprint density at radius 3 is 2.75 bits per heavy atom. The fraction of sp³-hybridized carbons (Fsp3) is 0.462. The number of likely N-dealkylation sites (tertiary alicyclic amines) is 1. The molecule has 1 N–H and O–H groups in total. The molecule has 1 aliphatic rings. The van der Waals surface area contributed by atoms with Crippen molar-refractivity contribution in [3.63, 3.8) is 0 Å². The van der Waals surface area contributed by atoms with Gasteiger partial charge in [0.05, 0.1) is 6.54 Å². The molecule has 0 spiro atoms. The SMILES string of the molecule is O=C(Cc1cccc(O)c1)CN1CCCC1. The topological polar surface area (TPSA) is 40.5 Å². The normalized spacial score (nSPS) is 16.5. The van der Waals surface area contributed by atoms with Crippen LogP contribution in [0.15, 0.2) is 24.3 Å². The Bertz CT molecular complexity index is 370. The molecule has 0 atom stereocenters. The first-order valence-corrected chi connectivity index (χ1v) is 5.76. The minimum absolute atomic E-state index is 0.228. The number of ketones is 1. The Hall–Kier alpha value is -1.35. The molecule has 3 nitrogen and oxygen atoms in total. The number of hydrogen-bond donors (Lipinski definition) is 1. The van der Waals surface area contributed by atoms with Gasteiger partial charge in [-0.3, -0.25) is 9.69 Å². The summed E-state index contributed by atoms with van der Waals surface area (Å²) in [7, 11) is 0. The Morgan fingerprint density at radius 1 is 1.31 bits per heavy atom. The van der Waals surface area contributed by atoms with Crippen molar-refractivity contribution >= 4 is 5.78 Å². The molecule has 1 saturated heterocycles. The van der Waals surface area contributed by atoms with Gasteiger partial charge in [-0.15, -0.1) is 0 Å². The Morgan fingerprint density at radius 2 is 2.06 bits per heavy atom. The van der Waals surface area contributed by atoms with E-state index in [-0.39, 0.29) is 11.5 Å². The highest BCUT2D eigenvalue weighted by atomic mass is 16.3. The van der Waals surface area contributed by atoms with Gasteiger partial charge in [-0.2, -0.15) is 0 Å². The van der Waals surface area contributed by atoms with Crippen molar-refractivity contribution in [2.24, 2.45) is 0 Å². The van der Waals surface area contributed by atoms with Crippen LogP contribution in [0.2, 0.25) is 0 Å². The zero-order chi connectivity index (χ0) is 11.4. The van der Waals surface area contributed by atoms with Crippen LogP contribution >= 0.6 is 0 Å². The molecule has 1 fully saturated rings. The second-order valence-corrected chi connectivity index (χ2v) is 4.37. The van der Waals surface area contributed by atoms with Gasteiger partial charge in [0.15, 0.2) is 5.78 Å². The van der Waals surface area contributed by atoms with Crippen LogP contribution in [-0.4, -0.2) is 35.4 Å². The quantitative estimate of drug-likeness (QED) is 0.836. The van der Waals surface area contributed by atoms with Crippen molar-refractivity contribution in [1.29, 1.82) is 0 Å². The molecule has 0 unspecified atom stereocenters. The van der Waals surface area contributed by atoms with Crippen LogP contribution in [0.4, 0.5) is 0 Å². The average molecular weight is 219 g/mol. The summed E-state index contributed by atoms with van der Waals surface area (Å²) >= 11 is 0. The van der Waals surface area contributed by atoms with Crippen LogP contribution in [0, 0.1) is 0 Å². The summed E-state index contributed by atoms with van der Waals surface area (Å²) in [5.74, 6) is 0.457. The predicted octanol–water partition coefficient (Wildman–Crippen LogP) is 1.60. The third kappa shape index (κ3) is 3.07. The second kappa shape index (κ2) is 5.12. The van der Waals surface area contributed by atoms with Crippen LogP contribution in [0.5, 0.6) is 5.75 Å². The number of phenolic OH excluding ortho intramolecular Hbond substituents is 1. The lowest BCUT2D eigenvalue weighted by molar-refractivity contribution is -0.119. The van der Waals surface area contributed by atoms with E-state index in [9.17, 15) is 9.90 Å². The summed E-state index contributed by atoms with van der Waals surface area (Å²) in [5.41, 5.74) is 0.893. The van der Waals surface area contributed by atoms with Crippen molar-refractivity contribution in [2.45, 2.75) is 19.3 Å². The molecular formula is C13H17NO2. The van der Waals surface area contributed by atoms with Gasteiger partial charge in [-0.25, -0.2) is 0 Å². The smallest absolute Gasteiger partial charge is 0.151 e. The summed E-state index contributed by atoms with van der Waals surface area (Å²) in [6.45, 7) is 2.65. The number of hydrogen-bond acceptors (Lipinski definition) is 3. The van der Waals surface area contributed by atoms with Gasteiger partial charge >= 0.3 is 0 Å². The lowest BCUT2D eigenvalue weighted by atomic mass is 10.1. The first-order chi connectivity index (χ1) is 7.74. The summed E-state index contributed by atoms with van der Waals surface area (Å²) in [4.78, 5) is 14.0. The first kappa shape index (κ1) is 11.1. The summed E-state index contributed by atoms with van der Waals surface area (Å²) in [6.07, 6.45) is 2.84. The molecule has 0 aliphatic carbocycles. The van der Waals surface area contributed by atoms with Gasteiger partial charge in [0.2, 0.25) is 0 Å². The maximum atomic E-state index is 11.8. The van der Waals surface area contributed by atoms with E-state index in [0.29, 0.717) is 13.0 Å². The maximum Gasteiger partial charge on any atom is 0.151 e. The fourth-order valence-electron chi connectivity index (χ4n) is 2.14. The van der Waals surface area contributed by atoms with Gasteiger partial charge in [0, 0.05) is 6.42 Å². The Balaban J connectivity index is 1.86. The van der Waals surface area contributed by atoms with Crippen LogP contribution in [0.3, 0.4) is 0 Å². The van der Waals surface area contributed by atoms with Crippen LogP contribution in [0.1, 0.15) is 18.4 Å². The van der Waals surface area contributed by atoms with Crippen LogP contribution in [0.25, 0.3) is 0 Å². The van der Waals surface area contributed by atoms with Crippen molar-refractivity contribution in [3.05, 3.63) is 29.8 Å². The standard InChI is InChI=1S/C13H17NO2/c15-12-5-3-4-11(8-12)9-13(16)10-14-6-1-2-7-14/h3-5,8,15H,1-2,6-7,9-10H2. The minimum Gasteiger partial charge on any atom is -0.508 e. The van der Waals surface area contributed by atoms with Gasteiger partial charge in [0.1, 0.15) is 5.75 Å². The van der Waals surface area contributed by atoms with Gasteiger partial charge in [0.25, 0.3) is 0 Å². The number of rotatable bonds is 4. The molecule has 2 rings (SSSR count). The number of benzene rings is 1. The van der Waals surface area contributed by atoms with E-state index in [2.05, 4.69) is 4.90 Å². The van der Waals surface area contributed by atoms with E-state index >= 15 is 0 Å². The van der Waals surface area contributed by atoms with Crippen molar-refractivity contribution < 1.29 is 9.90 Å². The van der Waals surface area contributed by atoms with Gasteiger partial charge < -0.3 is 5.11 Å². The maximum absolute atomic E-state index is 11.8. The lowest BCUT2D eigenvalue weighted by Crippen LogP contribution is -2.27. The molecule has 3 heteroatoms. The van der Waals surface area contributed by atoms with Crippen LogP contribution in [-0.2, 0) is 11.2 Å². The minimum atomic E-state index is 0.228. The number of carbonyl (C=O) groups excluding carboxylic acids is 1. The molecular weight excluding hydrogens is 202 g/mol. The molecule has 1 aromatic carbocycles. The third-order valence-corrected chi connectivity index (χ3v) is 2.91. The zero-order valence-electron chi connectivity index (χ0n) is 9.35. The number of aromatic hydroxyl groups is 1. The molecule has 1 aromatic rings. The molecule has 0 amide bonds. The van der Waals surface area contributed by atoms with E-state index in [1.807, 2.05) is 6.07 Å². The number of phenols is 1. The largest absolute Gasteiger partial charge is 0.508 e. The predicted molar refractivity (Wildman–Crippen MR) is 62.5 cm³/mol. The van der Waals surface area contributed by atoms with Crippen molar-refractivity contribution in [2.75, 3.05) is 19.6 Å². The second-order valence-electron chi connectivity index (χ2n) is 4.37. The Labute approximate surface area is 95.7 Å². The lowest BCUT2D eigenvalue weighted by Gasteiger charge is -2.13. The molecule has 0 saturated carbocycles. The number of carbonyl (C=O) groups is 1. The van der Waals surface area contributed by atoms with Gasteiger partial charge in [-0.05, 0) is 43.6 Å². The highest BCUT2D eigenvalue weighted by Gasteiger charge is 2.15. The molecule has 1 heterocycles. The van der Waals surface area contributed by atoms with Gasteiger partial charge in [-0.1, -0.05) is 12.1 Å². The fourth-order valence-corrected chi connectivity index (χ4v) is 2.14. The van der Waals surface area contributed by atoms with E-state index in [0.717, 1.165) is 18.7 Å². The highest BCUT2D eigenvalue weighted by molar-refractivity contribution is 5.82. The summed E-state index contributed by atoms with van der Waals surface area (Å²) in [6, 6.07) is 6.92. The summed E-state index contributed by atoms with van der Waals surface area (Å²) < 4.78 is 0. The monoisotopic (exact) mass is 219 g/mol. The van der Waals surface area contributed by atoms with Crippen molar-refractivity contribution in [3.8, 4) is 5.75 Å². The third-order valence-electron chi connectivity index (χ3n) is 2.91. The van der Waals surface area contributed by atoms with E-state index in [1.165, 1.54) is 12.8 Å². The zero-order valence-corrected chi connectivity index (χ0v) is 9.35. The number of nitrogens with zero attached hydrogens (tertiary/aromatic N) is 1. The molecule has 0 aromatic heterocycles. The number of Topliss-reactive ketones (excluding diaryl/α,β-unsaturated/α-hetero) is 1. The molecule has 0 radical (unpaired) electrons. The molecule has 86 valence electrons. The van der Waals surface area contributed by atoms with E-state index in [4.69, 9.17) is 0 Å². The summed E-state index contributed by atoms with van der Waals surface area (Å²) in [5, 5.41) is 9.29. The molecule has 1 aliphatic heterocycles. The molecule has 0 bridgehead atoms. The van der Waals surface area contributed by atoms with Crippen molar-refractivity contribution in [1.82, 2.24) is 4.90 Å². The highest BCUT2D eigenvalue weighted by Crippen LogP contribution is 2.12. The molecule has 16 heavy (non-hydrogen) atoms.